The summed E-state index contributed by atoms with van der Waals surface area (Å²) < 4.78 is 1.09. The third-order valence-electron chi connectivity index (χ3n) is 4.79. The minimum Gasteiger partial charge on any atom is -0.355 e. The topological polar surface area (TPSA) is 41.1 Å². The molecule has 0 aliphatic carbocycles. The molecule has 3 nitrogen and oxygen atoms in total. The number of halogens is 1. The highest BCUT2D eigenvalue weighted by molar-refractivity contribution is 9.10. The van der Waals surface area contributed by atoms with E-state index in [1.165, 1.54) is 5.56 Å². The van der Waals surface area contributed by atoms with Crippen molar-refractivity contribution in [3.05, 3.63) is 34.3 Å². The van der Waals surface area contributed by atoms with Gasteiger partial charge in [-0.15, -0.1) is 0 Å². The summed E-state index contributed by atoms with van der Waals surface area (Å²) in [7, 11) is 0. The van der Waals surface area contributed by atoms with Gasteiger partial charge in [-0.05, 0) is 55.8 Å². The van der Waals surface area contributed by atoms with Crippen LogP contribution in [0.5, 0.6) is 0 Å². The van der Waals surface area contributed by atoms with Crippen molar-refractivity contribution in [1.29, 1.82) is 0 Å². The van der Waals surface area contributed by atoms with E-state index < -0.39 is 0 Å². The summed E-state index contributed by atoms with van der Waals surface area (Å²) in [6.45, 7) is 7.28. The van der Waals surface area contributed by atoms with Crippen molar-refractivity contribution in [1.82, 2.24) is 10.6 Å². The van der Waals surface area contributed by atoms with Crippen LogP contribution < -0.4 is 10.6 Å². The normalized spacial score (nSPS) is 18.7. The maximum absolute atomic E-state index is 12.5. The van der Waals surface area contributed by atoms with Gasteiger partial charge in [0.25, 0.3) is 0 Å². The summed E-state index contributed by atoms with van der Waals surface area (Å²) in [6.07, 6.45) is 3.93. The molecule has 1 unspecified atom stereocenters. The third kappa shape index (κ3) is 4.82. The highest BCUT2D eigenvalue weighted by atomic mass is 79.9. The molecule has 1 aromatic carbocycles. The second kappa shape index (κ2) is 8.11. The lowest BCUT2D eigenvalue weighted by Gasteiger charge is -2.34. The van der Waals surface area contributed by atoms with Gasteiger partial charge in [-0.2, -0.15) is 0 Å². The first-order chi connectivity index (χ1) is 10.5. The number of hydrogen-bond donors (Lipinski definition) is 2. The predicted octanol–water partition coefficient (Wildman–Crippen LogP) is 3.52. The number of carbonyl (C=O) groups excluding carboxylic acids is 1. The smallest absolute Gasteiger partial charge is 0.223 e. The fraction of sp³-hybridized carbons (Fsp3) is 0.611. The molecule has 0 spiro atoms. The molecule has 0 radical (unpaired) electrons. The van der Waals surface area contributed by atoms with Crippen molar-refractivity contribution in [2.24, 2.45) is 11.3 Å². The number of rotatable bonds is 6. The molecule has 1 heterocycles. The summed E-state index contributed by atoms with van der Waals surface area (Å²) >= 11 is 3.57. The van der Waals surface area contributed by atoms with E-state index in [0.29, 0.717) is 0 Å². The largest absolute Gasteiger partial charge is 0.355 e. The van der Waals surface area contributed by atoms with Crippen molar-refractivity contribution in [3.63, 3.8) is 0 Å². The third-order valence-corrected chi connectivity index (χ3v) is 5.56. The zero-order valence-corrected chi connectivity index (χ0v) is 15.2. The molecule has 0 aromatic heterocycles. The van der Waals surface area contributed by atoms with Crippen LogP contribution in [0.4, 0.5) is 0 Å². The first-order valence-corrected chi connectivity index (χ1v) is 9.05. The van der Waals surface area contributed by atoms with Gasteiger partial charge in [0.2, 0.25) is 5.91 Å². The lowest BCUT2D eigenvalue weighted by Crippen LogP contribution is -2.44. The summed E-state index contributed by atoms with van der Waals surface area (Å²) in [5.41, 5.74) is 1.45. The van der Waals surface area contributed by atoms with E-state index in [4.69, 9.17) is 0 Å². The van der Waals surface area contributed by atoms with Crippen molar-refractivity contribution < 1.29 is 4.79 Å². The van der Waals surface area contributed by atoms with Crippen LogP contribution in [0.3, 0.4) is 0 Å². The lowest BCUT2D eigenvalue weighted by molar-refractivity contribution is -0.125. The van der Waals surface area contributed by atoms with Crippen LogP contribution in [0.2, 0.25) is 0 Å². The zero-order chi connectivity index (χ0) is 16.0. The monoisotopic (exact) mass is 366 g/mol. The first-order valence-electron chi connectivity index (χ1n) is 8.26. The Morgan fingerprint density at radius 2 is 2.05 bits per heavy atom. The summed E-state index contributed by atoms with van der Waals surface area (Å²) in [5, 5.41) is 6.58. The van der Waals surface area contributed by atoms with Gasteiger partial charge < -0.3 is 10.6 Å². The van der Waals surface area contributed by atoms with Gasteiger partial charge in [0, 0.05) is 16.9 Å². The number of amides is 1. The Hall–Kier alpha value is -0.870. The van der Waals surface area contributed by atoms with E-state index in [1.54, 1.807) is 0 Å². The van der Waals surface area contributed by atoms with E-state index >= 15 is 0 Å². The molecule has 122 valence electrons. The highest BCUT2D eigenvalue weighted by Crippen LogP contribution is 2.27. The van der Waals surface area contributed by atoms with Gasteiger partial charge in [0.05, 0.1) is 0 Å². The van der Waals surface area contributed by atoms with Gasteiger partial charge in [0.15, 0.2) is 0 Å². The van der Waals surface area contributed by atoms with E-state index in [1.807, 2.05) is 18.2 Å². The standard InChI is InChI=1S/C18H27BrN2O/c1-3-14(12-15-6-4-5-7-16(15)19)17(22)21-13-18(2)8-10-20-11-9-18/h4-7,14,20H,3,8-13H2,1-2H3,(H,21,22). The molecule has 1 aromatic rings. The van der Waals surface area contributed by atoms with Crippen LogP contribution in [0.15, 0.2) is 28.7 Å². The van der Waals surface area contributed by atoms with Crippen LogP contribution in [-0.2, 0) is 11.2 Å². The van der Waals surface area contributed by atoms with Crippen LogP contribution in [0.1, 0.15) is 38.7 Å². The Kier molecular flexibility index (Phi) is 6.45. The molecular formula is C18H27BrN2O. The predicted molar refractivity (Wildman–Crippen MR) is 94.8 cm³/mol. The molecule has 4 heteroatoms. The average molecular weight is 367 g/mol. The molecule has 1 fully saturated rings. The Balaban J connectivity index is 1.90. The highest BCUT2D eigenvalue weighted by Gasteiger charge is 2.28. The van der Waals surface area contributed by atoms with Crippen molar-refractivity contribution in [2.45, 2.75) is 39.5 Å². The van der Waals surface area contributed by atoms with Crippen molar-refractivity contribution >= 4 is 21.8 Å². The number of benzene rings is 1. The summed E-state index contributed by atoms with van der Waals surface area (Å²) in [4.78, 5) is 12.5. The van der Waals surface area contributed by atoms with Gasteiger partial charge in [-0.3, -0.25) is 4.79 Å². The van der Waals surface area contributed by atoms with Crippen LogP contribution >= 0.6 is 15.9 Å². The quantitative estimate of drug-likeness (QED) is 0.808. The fourth-order valence-corrected chi connectivity index (χ4v) is 3.45. The first kappa shape index (κ1) is 17.5. The molecule has 1 aliphatic heterocycles. The molecule has 1 atom stereocenters. The minimum absolute atomic E-state index is 0.0454. The number of piperidine rings is 1. The zero-order valence-electron chi connectivity index (χ0n) is 13.6. The molecule has 2 N–H and O–H groups in total. The van der Waals surface area contributed by atoms with E-state index in [9.17, 15) is 4.79 Å². The lowest BCUT2D eigenvalue weighted by atomic mass is 9.81. The van der Waals surface area contributed by atoms with Gasteiger partial charge in [-0.25, -0.2) is 0 Å². The molecular weight excluding hydrogens is 340 g/mol. The summed E-state index contributed by atoms with van der Waals surface area (Å²) in [5.74, 6) is 0.238. The van der Waals surface area contributed by atoms with Gasteiger partial charge >= 0.3 is 0 Å². The maximum atomic E-state index is 12.5. The molecule has 22 heavy (non-hydrogen) atoms. The molecule has 0 bridgehead atoms. The molecule has 1 amide bonds. The van der Waals surface area contributed by atoms with Crippen molar-refractivity contribution in [2.75, 3.05) is 19.6 Å². The van der Waals surface area contributed by atoms with Crippen LogP contribution in [0, 0.1) is 11.3 Å². The van der Waals surface area contributed by atoms with E-state index in [2.05, 4.69) is 46.5 Å². The second-order valence-corrected chi connectivity index (χ2v) is 7.53. The Morgan fingerprint density at radius 1 is 1.36 bits per heavy atom. The molecule has 1 aliphatic rings. The van der Waals surface area contributed by atoms with E-state index in [0.717, 1.165) is 49.8 Å². The van der Waals surface area contributed by atoms with Crippen LogP contribution in [-0.4, -0.2) is 25.5 Å². The van der Waals surface area contributed by atoms with Gasteiger partial charge in [0.1, 0.15) is 0 Å². The second-order valence-electron chi connectivity index (χ2n) is 6.68. The van der Waals surface area contributed by atoms with Gasteiger partial charge in [-0.1, -0.05) is 48.0 Å². The number of hydrogen-bond acceptors (Lipinski definition) is 2. The minimum atomic E-state index is 0.0454. The Bertz CT molecular complexity index is 498. The van der Waals surface area contributed by atoms with E-state index in [-0.39, 0.29) is 17.2 Å². The Morgan fingerprint density at radius 3 is 2.68 bits per heavy atom. The SMILES string of the molecule is CCC(Cc1ccccc1Br)C(=O)NCC1(C)CCNCC1. The number of nitrogens with one attached hydrogen (secondary N) is 2. The molecule has 1 saturated heterocycles. The average Bonchev–Trinajstić information content (AvgIpc) is 2.53. The van der Waals surface area contributed by atoms with Crippen LogP contribution in [0.25, 0.3) is 0 Å². The summed E-state index contributed by atoms with van der Waals surface area (Å²) in [6, 6.07) is 8.16. The molecule has 2 rings (SSSR count). The maximum Gasteiger partial charge on any atom is 0.223 e. The molecule has 0 saturated carbocycles. The Labute approximate surface area is 142 Å². The number of carbonyl (C=O) groups is 1. The van der Waals surface area contributed by atoms with Crippen molar-refractivity contribution in [3.8, 4) is 0 Å². The fourth-order valence-electron chi connectivity index (χ4n) is 3.00.